The van der Waals surface area contributed by atoms with Crippen LogP contribution in [-0.2, 0) is 4.79 Å². The van der Waals surface area contributed by atoms with Gasteiger partial charge in [-0.3, -0.25) is 9.36 Å². The average molecular weight is 234 g/mol. The molecule has 2 rings (SSSR count). The van der Waals surface area contributed by atoms with Crippen molar-refractivity contribution in [2.75, 3.05) is 0 Å². The van der Waals surface area contributed by atoms with Crippen molar-refractivity contribution in [1.82, 2.24) is 19.3 Å². The van der Waals surface area contributed by atoms with Gasteiger partial charge in [-0.1, -0.05) is 0 Å². The lowest BCUT2D eigenvalue weighted by atomic mass is 10.5. The normalized spacial score (nSPS) is 10.2. The Balaban J connectivity index is 2.08. The van der Waals surface area contributed by atoms with E-state index in [-0.39, 0.29) is 0 Å². The quantitative estimate of drug-likeness (QED) is 0.648. The zero-order valence-electron chi connectivity index (χ0n) is 9.32. The molecule has 0 spiro atoms. The highest BCUT2D eigenvalue weighted by Crippen LogP contribution is 1.95. The molecular weight excluding hydrogens is 224 g/mol. The first-order valence-electron chi connectivity index (χ1n) is 4.84. The minimum Gasteiger partial charge on any atom is -0.326 e. The molecule has 0 unspecified atom stereocenters. The summed E-state index contributed by atoms with van der Waals surface area (Å²) in [5.74, 6) is -1.81. The Hall–Kier alpha value is -2.44. The van der Waals surface area contributed by atoms with Gasteiger partial charge in [0.15, 0.2) is 0 Å². The Morgan fingerprint density at radius 3 is 2.29 bits per heavy atom. The lowest BCUT2D eigenvalue weighted by Gasteiger charge is -2.02. The minimum absolute atomic E-state index is 0.643. The maximum absolute atomic E-state index is 11.6. The first kappa shape index (κ1) is 11.1. The fourth-order valence-corrected chi connectivity index (χ4v) is 1.22. The SMILES string of the molecule is Cc1cn(OC(=O)C(=O)n2cnc(C)c2)cn1. The monoisotopic (exact) mass is 234 g/mol. The summed E-state index contributed by atoms with van der Waals surface area (Å²) in [6.45, 7) is 3.46. The molecule has 0 aliphatic carbocycles. The molecule has 0 atom stereocenters. The van der Waals surface area contributed by atoms with Gasteiger partial charge >= 0.3 is 11.9 Å². The summed E-state index contributed by atoms with van der Waals surface area (Å²) in [7, 11) is 0. The third-order valence-corrected chi connectivity index (χ3v) is 2.00. The lowest BCUT2D eigenvalue weighted by Crippen LogP contribution is -2.30. The Labute approximate surface area is 96.6 Å². The molecule has 7 heteroatoms. The van der Waals surface area contributed by atoms with E-state index in [2.05, 4.69) is 9.97 Å². The number of rotatable bonds is 1. The predicted molar refractivity (Wildman–Crippen MR) is 56.1 cm³/mol. The molecule has 0 aliphatic rings. The number of imidazole rings is 2. The molecule has 7 nitrogen and oxygen atoms in total. The largest absolute Gasteiger partial charge is 0.422 e. The summed E-state index contributed by atoms with van der Waals surface area (Å²) in [6, 6.07) is 0. The van der Waals surface area contributed by atoms with Gasteiger partial charge in [-0.15, -0.1) is 0 Å². The van der Waals surface area contributed by atoms with E-state index in [1.54, 1.807) is 13.8 Å². The summed E-state index contributed by atoms with van der Waals surface area (Å²) >= 11 is 0. The van der Waals surface area contributed by atoms with Gasteiger partial charge in [0, 0.05) is 6.20 Å². The molecule has 0 fully saturated rings. The smallest absolute Gasteiger partial charge is 0.326 e. The van der Waals surface area contributed by atoms with Crippen LogP contribution in [0.1, 0.15) is 16.2 Å². The maximum Gasteiger partial charge on any atom is 0.422 e. The average Bonchev–Trinajstić information content (AvgIpc) is 2.87. The molecule has 0 bridgehead atoms. The van der Waals surface area contributed by atoms with Crippen molar-refractivity contribution in [3.05, 3.63) is 36.4 Å². The minimum atomic E-state index is -1.00. The Morgan fingerprint density at radius 2 is 1.76 bits per heavy atom. The molecule has 88 valence electrons. The second-order valence-electron chi connectivity index (χ2n) is 3.48. The summed E-state index contributed by atoms with van der Waals surface area (Å²) in [4.78, 5) is 35.5. The molecule has 2 aromatic rings. The van der Waals surface area contributed by atoms with Crippen molar-refractivity contribution >= 4 is 11.9 Å². The topological polar surface area (TPSA) is 79.0 Å². The van der Waals surface area contributed by atoms with Crippen molar-refractivity contribution in [3.63, 3.8) is 0 Å². The van der Waals surface area contributed by atoms with Crippen LogP contribution >= 0.6 is 0 Å². The molecule has 2 aromatic heterocycles. The molecule has 17 heavy (non-hydrogen) atoms. The van der Waals surface area contributed by atoms with Crippen LogP contribution in [0.15, 0.2) is 25.0 Å². The van der Waals surface area contributed by atoms with Gasteiger partial charge in [-0.25, -0.2) is 14.8 Å². The van der Waals surface area contributed by atoms with Crippen LogP contribution in [0, 0.1) is 13.8 Å². The fraction of sp³-hybridized carbons (Fsp3) is 0.200. The third kappa shape index (κ3) is 2.39. The zero-order valence-corrected chi connectivity index (χ0v) is 9.32. The van der Waals surface area contributed by atoms with E-state index in [1.807, 2.05) is 0 Å². The van der Waals surface area contributed by atoms with E-state index < -0.39 is 11.9 Å². The van der Waals surface area contributed by atoms with Crippen molar-refractivity contribution in [3.8, 4) is 0 Å². The highest BCUT2D eigenvalue weighted by atomic mass is 16.7. The van der Waals surface area contributed by atoms with Gasteiger partial charge in [0.05, 0.1) is 17.6 Å². The summed E-state index contributed by atoms with van der Waals surface area (Å²) < 4.78 is 2.15. The second-order valence-corrected chi connectivity index (χ2v) is 3.48. The maximum atomic E-state index is 11.6. The van der Waals surface area contributed by atoms with Gasteiger partial charge < -0.3 is 4.84 Å². The molecule has 0 N–H and O–H groups in total. The van der Waals surface area contributed by atoms with Gasteiger partial charge in [0.2, 0.25) is 0 Å². The van der Waals surface area contributed by atoms with Crippen molar-refractivity contribution in [1.29, 1.82) is 0 Å². The number of hydrogen-bond donors (Lipinski definition) is 0. The second kappa shape index (κ2) is 4.20. The van der Waals surface area contributed by atoms with Crippen LogP contribution in [0.3, 0.4) is 0 Å². The highest BCUT2D eigenvalue weighted by molar-refractivity contribution is 6.33. The summed E-state index contributed by atoms with van der Waals surface area (Å²) in [6.07, 6.45) is 5.50. The van der Waals surface area contributed by atoms with Crippen LogP contribution in [0.5, 0.6) is 0 Å². The number of hydrogen-bond acceptors (Lipinski definition) is 5. The first-order chi connectivity index (χ1) is 8.06. The number of aromatic nitrogens is 4. The Kier molecular flexibility index (Phi) is 2.73. The first-order valence-corrected chi connectivity index (χ1v) is 4.84. The van der Waals surface area contributed by atoms with Crippen LogP contribution in [0.4, 0.5) is 0 Å². The molecule has 0 aromatic carbocycles. The summed E-state index contributed by atoms with van der Waals surface area (Å²) in [5.41, 5.74) is 1.33. The van der Waals surface area contributed by atoms with Crippen molar-refractivity contribution < 1.29 is 14.4 Å². The number of carbonyl (C=O) groups excluding carboxylic acids is 2. The number of aryl methyl sites for hydroxylation is 2. The van der Waals surface area contributed by atoms with Crippen molar-refractivity contribution in [2.24, 2.45) is 0 Å². The van der Waals surface area contributed by atoms with E-state index >= 15 is 0 Å². The molecule has 0 saturated heterocycles. The Morgan fingerprint density at radius 1 is 1.12 bits per heavy atom. The van der Waals surface area contributed by atoms with Gasteiger partial charge in [-0.05, 0) is 13.8 Å². The molecule has 0 radical (unpaired) electrons. The molecular formula is C10H10N4O3. The van der Waals surface area contributed by atoms with Crippen LogP contribution < -0.4 is 4.84 Å². The lowest BCUT2D eigenvalue weighted by molar-refractivity contribution is -0.139. The van der Waals surface area contributed by atoms with Crippen LogP contribution in [0.25, 0.3) is 0 Å². The van der Waals surface area contributed by atoms with E-state index in [4.69, 9.17) is 4.84 Å². The van der Waals surface area contributed by atoms with E-state index in [0.717, 1.165) is 9.30 Å². The van der Waals surface area contributed by atoms with E-state index in [1.165, 1.54) is 25.0 Å². The van der Waals surface area contributed by atoms with Crippen LogP contribution in [-0.4, -0.2) is 31.1 Å². The van der Waals surface area contributed by atoms with E-state index in [0.29, 0.717) is 11.4 Å². The number of carbonyl (C=O) groups is 2. The van der Waals surface area contributed by atoms with Crippen molar-refractivity contribution in [2.45, 2.75) is 13.8 Å². The molecule has 0 aliphatic heterocycles. The highest BCUT2D eigenvalue weighted by Gasteiger charge is 2.19. The summed E-state index contributed by atoms with van der Waals surface area (Å²) in [5, 5.41) is 0. The van der Waals surface area contributed by atoms with Gasteiger partial charge in [0.1, 0.15) is 12.7 Å². The molecule has 2 heterocycles. The van der Waals surface area contributed by atoms with Crippen LogP contribution in [0.2, 0.25) is 0 Å². The third-order valence-electron chi connectivity index (χ3n) is 2.00. The zero-order chi connectivity index (χ0) is 12.4. The predicted octanol–water partition coefficient (Wildman–Crippen LogP) is -0.00796. The molecule has 0 saturated carbocycles. The van der Waals surface area contributed by atoms with Gasteiger partial charge in [0.25, 0.3) is 0 Å². The fourth-order valence-electron chi connectivity index (χ4n) is 1.22. The Bertz CT molecular complexity index is 570. The van der Waals surface area contributed by atoms with E-state index in [9.17, 15) is 9.59 Å². The molecule has 0 amide bonds. The number of nitrogens with zero attached hydrogens (tertiary/aromatic N) is 4. The van der Waals surface area contributed by atoms with Gasteiger partial charge in [-0.2, -0.15) is 4.73 Å². The standard InChI is InChI=1S/C10H10N4O3/c1-7-3-13(5-11-7)9(15)10(16)17-14-4-8(2)12-6-14/h3-6H,1-2H3.